The maximum Gasteiger partial charge on any atom is 0.260 e. The lowest BCUT2D eigenvalue weighted by atomic mass is 10.1. The zero-order valence-electron chi connectivity index (χ0n) is 18.6. The summed E-state index contributed by atoms with van der Waals surface area (Å²) in [6.07, 6.45) is 0. The number of amides is 1. The fraction of sp³-hybridized carbons (Fsp3) is 0.375. The molecule has 0 aliphatic heterocycles. The summed E-state index contributed by atoms with van der Waals surface area (Å²) >= 11 is 0. The van der Waals surface area contributed by atoms with Gasteiger partial charge in [0.1, 0.15) is 0 Å². The molecule has 6 nitrogen and oxygen atoms in total. The topological polar surface area (TPSA) is 71.3 Å². The van der Waals surface area contributed by atoms with Crippen molar-refractivity contribution < 1.29 is 9.32 Å². The summed E-state index contributed by atoms with van der Waals surface area (Å²) in [5.41, 5.74) is 4.03. The van der Waals surface area contributed by atoms with Crippen molar-refractivity contribution in [2.75, 3.05) is 16.8 Å². The Morgan fingerprint density at radius 1 is 1.10 bits per heavy atom. The quantitative estimate of drug-likeness (QED) is 0.548. The molecule has 158 valence electrons. The van der Waals surface area contributed by atoms with E-state index in [1.807, 2.05) is 63.2 Å². The second kappa shape index (κ2) is 9.11. The van der Waals surface area contributed by atoms with Gasteiger partial charge in [-0.2, -0.15) is 4.98 Å². The first-order chi connectivity index (χ1) is 14.3. The standard InChI is InChI=1S/C24H30N4O2/c1-7-28(16(4)5)19-13-11-18(12-14-19)23(29)25-21-17(6)9-8-10-20(21)24-26-22(15(2)3)27-30-24/h8-16H,7H2,1-6H3,(H,25,29). The van der Waals surface area contributed by atoms with Gasteiger partial charge in [0.05, 0.1) is 11.3 Å². The van der Waals surface area contributed by atoms with Crippen LogP contribution in [0.4, 0.5) is 11.4 Å². The Balaban J connectivity index is 1.86. The molecular formula is C24H30N4O2. The van der Waals surface area contributed by atoms with Crippen LogP contribution >= 0.6 is 0 Å². The molecular weight excluding hydrogens is 376 g/mol. The van der Waals surface area contributed by atoms with Gasteiger partial charge >= 0.3 is 0 Å². The minimum absolute atomic E-state index is 0.164. The number of carbonyl (C=O) groups excluding carboxylic acids is 1. The maximum atomic E-state index is 13.0. The largest absolute Gasteiger partial charge is 0.369 e. The van der Waals surface area contributed by atoms with Crippen LogP contribution in [-0.4, -0.2) is 28.6 Å². The Kier molecular flexibility index (Phi) is 6.55. The number of hydrogen-bond acceptors (Lipinski definition) is 5. The van der Waals surface area contributed by atoms with Crippen LogP contribution in [0.15, 0.2) is 47.0 Å². The van der Waals surface area contributed by atoms with Crippen LogP contribution in [0.1, 0.15) is 62.3 Å². The van der Waals surface area contributed by atoms with E-state index >= 15 is 0 Å². The van der Waals surface area contributed by atoms with Crippen LogP contribution in [0, 0.1) is 6.92 Å². The number of benzene rings is 2. The molecule has 1 N–H and O–H groups in total. The number of carbonyl (C=O) groups is 1. The summed E-state index contributed by atoms with van der Waals surface area (Å²) in [5.74, 6) is 1.04. The van der Waals surface area contributed by atoms with Crippen LogP contribution in [0.5, 0.6) is 0 Å². The molecule has 0 spiro atoms. The minimum Gasteiger partial charge on any atom is -0.369 e. The van der Waals surface area contributed by atoms with Gasteiger partial charge in [-0.25, -0.2) is 0 Å². The fourth-order valence-corrected chi connectivity index (χ4v) is 3.43. The predicted molar refractivity (Wildman–Crippen MR) is 121 cm³/mol. The monoisotopic (exact) mass is 406 g/mol. The van der Waals surface area contributed by atoms with E-state index in [0.717, 1.165) is 23.4 Å². The van der Waals surface area contributed by atoms with E-state index in [2.05, 4.69) is 41.1 Å². The van der Waals surface area contributed by atoms with Gasteiger partial charge in [-0.3, -0.25) is 4.79 Å². The van der Waals surface area contributed by atoms with E-state index in [9.17, 15) is 4.79 Å². The number of aryl methyl sites for hydroxylation is 1. The van der Waals surface area contributed by atoms with Crippen LogP contribution in [0.2, 0.25) is 0 Å². The molecule has 0 aliphatic carbocycles. The molecule has 3 aromatic rings. The van der Waals surface area contributed by atoms with Gasteiger partial charge in [0, 0.05) is 29.8 Å². The van der Waals surface area contributed by atoms with Crippen molar-refractivity contribution in [2.45, 2.75) is 53.5 Å². The number of nitrogens with one attached hydrogen (secondary N) is 1. The van der Waals surface area contributed by atoms with Crippen LogP contribution in [0.25, 0.3) is 11.5 Å². The third-order valence-electron chi connectivity index (χ3n) is 5.13. The van der Waals surface area contributed by atoms with Gasteiger partial charge in [0.2, 0.25) is 0 Å². The molecule has 0 radical (unpaired) electrons. The molecule has 1 amide bonds. The first-order valence-corrected chi connectivity index (χ1v) is 10.4. The highest BCUT2D eigenvalue weighted by Gasteiger charge is 2.18. The van der Waals surface area contributed by atoms with E-state index in [1.165, 1.54) is 0 Å². The van der Waals surface area contributed by atoms with Gasteiger partial charge in [-0.05, 0) is 63.6 Å². The Morgan fingerprint density at radius 3 is 2.37 bits per heavy atom. The second-order valence-electron chi connectivity index (χ2n) is 7.99. The SMILES string of the molecule is CCN(c1ccc(C(=O)Nc2c(C)cccc2-c2nc(C(C)C)no2)cc1)C(C)C. The Morgan fingerprint density at radius 2 is 1.80 bits per heavy atom. The summed E-state index contributed by atoms with van der Waals surface area (Å²) in [4.78, 5) is 19.7. The lowest BCUT2D eigenvalue weighted by molar-refractivity contribution is 0.102. The lowest BCUT2D eigenvalue weighted by Crippen LogP contribution is -2.30. The fourth-order valence-electron chi connectivity index (χ4n) is 3.43. The van der Waals surface area contributed by atoms with Gasteiger partial charge < -0.3 is 14.7 Å². The Hall–Kier alpha value is -3.15. The average molecular weight is 407 g/mol. The zero-order valence-corrected chi connectivity index (χ0v) is 18.6. The van der Waals surface area contributed by atoms with Crippen molar-refractivity contribution in [2.24, 2.45) is 0 Å². The number of aromatic nitrogens is 2. The number of anilines is 2. The first kappa shape index (κ1) is 21.6. The van der Waals surface area contributed by atoms with Crippen LogP contribution in [0.3, 0.4) is 0 Å². The van der Waals surface area contributed by atoms with Crippen LogP contribution < -0.4 is 10.2 Å². The highest BCUT2D eigenvalue weighted by Crippen LogP contribution is 2.31. The molecule has 0 bridgehead atoms. The molecule has 0 fully saturated rings. The second-order valence-corrected chi connectivity index (χ2v) is 7.99. The average Bonchev–Trinajstić information content (AvgIpc) is 3.20. The third-order valence-corrected chi connectivity index (χ3v) is 5.13. The van der Waals surface area contributed by atoms with Gasteiger partial charge in [0.25, 0.3) is 11.8 Å². The number of para-hydroxylation sites is 1. The molecule has 0 unspecified atom stereocenters. The highest BCUT2D eigenvalue weighted by atomic mass is 16.5. The van der Waals surface area contributed by atoms with Crippen molar-refractivity contribution >= 4 is 17.3 Å². The van der Waals surface area contributed by atoms with E-state index in [4.69, 9.17) is 4.52 Å². The molecule has 0 atom stereocenters. The van der Waals surface area contributed by atoms with Gasteiger partial charge in [-0.1, -0.05) is 31.1 Å². The van der Waals surface area contributed by atoms with E-state index in [1.54, 1.807) is 0 Å². The lowest BCUT2D eigenvalue weighted by Gasteiger charge is -2.27. The van der Waals surface area contributed by atoms with Crippen molar-refractivity contribution in [1.29, 1.82) is 0 Å². The Bertz CT molecular complexity index is 1010. The molecule has 1 heterocycles. The molecule has 3 rings (SSSR count). The maximum absolute atomic E-state index is 13.0. The molecule has 0 aliphatic rings. The van der Waals surface area contributed by atoms with Crippen molar-refractivity contribution in [3.05, 3.63) is 59.4 Å². The van der Waals surface area contributed by atoms with E-state index in [0.29, 0.717) is 29.0 Å². The number of nitrogens with zero attached hydrogens (tertiary/aromatic N) is 3. The first-order valence-electron chi connectivity index (χ1n) is 10.4. The molecule has 2 aromatic carbocycles. The summed E-state index contributed by atoms with van der Waals surface area (Å²) < 4.78 is 5.45. The van der Waals surface area contributed by atoms with Crippen molar-refractivity contribution in [3.63, 3.8) is 0 Å². The van der Waals surface area contributed by atoms with Gasteiger partial charge in [-0.15, -0.1) is 0 Å². The molecule has 1 aromatic heterocycles. The predicted octanol–water partition coefficient (Wildman–Crippen LogP) is 5.66. The summed E-state index contributed by atoms with van der Waals surface area (Å²) in [7, 11) is 0. The molecule has 0 saturated heterocycles. The molecule has 0 saturated carbocycles. The third kappa shape index (κ3) is 4.53. The summed E-state index contributed by atoms with van der Waals surface area (Å²) in [5, 5.41) is 7.08. The number of hydrogen-bond donors (Lipinski definition) is 1. The smallest absolute Gasteiger partial charge is 0.260 e. The van der Waals surface area contributed by atoms with E-state index in [-0.39, 0.29) is 11.8 Å². The van der Waals surface area contributed by atoms with E-state index < -0.39 is 0 Å². The Labute approximate surface area is 178 Å². The summed E-state index contributed by atoms with van der Waals surface area (Å²) in [6, 6.07) is 13.8. The zero-order chi connectivity index (χ0) is 21.8. The molecule has 30 heavy (non-hydrogen) atoms. The normalized spacial score (nSPS) is 11.2. The highest BCUT2D eigenvalue weighted by molar-refractivity contribution is 6.06. The van der Waals surface area contributed by atoms with Gasteiger partial charge in [0.15, 0.2) is 5.82 Å². The molecule has 6 heteroatoms. The van der Waals surface area contributed by atoms with Crippen molar-refractivity contribution in [3.8, 4) is 11.5 Å². The summed E-state index contributed by atoms with van der Waals surface area (Å²) in [6.45, 7) is 13.3. The van der Waals surface area contributed by atoms with Crippen molar-refractivity contribution in [1.82, 2.24) is 10.1 Å². The minimum atomic E-state index is -0.173. The van der Waals surface area contributed by atoms with Crippen LogP contribution in [-0.2, 0) is 0 Å². The number of rotatable bonds is 7.